The number of hydrogen-bond donors (Lipinski definition) is 1. The molecule has 0 amide bonds. The number of nitrogens with zero attached hydrogens (tertiary/aromatic N) is 1. The maximum absolute atomic E-state index is 13.7. The molecule has 0 aliphatic rings. The van der Waals surface area contributed by atoms with Gasteiger partial charge in [0.25, 0.3) is 0 Å². The smallest absolute Gasteiger partial charge is 0.406 e. The molecule has 164 valence electrons. The van der Waals surface area contributed by atoms with Gasteiger partial charge in [0.15, 0.2) is 6.29 Å². The van der Waals surface area contributed by atoms with Crippen molar-refractivity contribution in [1.82, 2.24) is 0 Å². The predicted octanol–water partition coefficient (Wildman–Crippen LogP) is 6.66. The van der Waals surface area contributed by atoms with E-state index in [2.05, 4.69) is 15.0 Å². The van der Waals surface area contributed by atoms with E-state index in [0.29, 0.717) is 28.9 Å². The van der Waals surface area contributed by atoms with Crippen LogP contribution in [0.5, 0.6) is 5.75 Å². The number of carbonyl (C=O) groups is 1. The normalized spacial score (nSPS) is 13.2. The lowest BCUT2D eigenvalue weighted by atomic mass is 10.1. The van der Waals surface area contributed by atoms with E-state index in [0.717, 1.165) is 12.0 Å². The van der Waals surface area contributed by atoms with Gasteiger partial charge in [-0.05, 0) is 68.8 Å². The molecule has 31 heavy (non-hydrogen) atoms. The van der Waals surface area contributed by atoms with Gasteiger partial charge in [0, 0.05) is 23.1 Å². The largest absolute Gasteiger partial charge is 0.573 e. The molecule has 4 nitrogen and oxygen atoms in total. The second kappa shape index (κ2) is 10.6. The van der Waals surface area contributed by atoms with Gasteiger partial charge >= 0.3 is 6.36 Å². The molecule has 0 radical (unpaired) electrons. The Morgan fingerprint density at radius 1 is 1.13 bits per heavy atom. The van der Waals surface area contributed by atoms with E-state index in [4.69, 9.17) is 0 Å². The average molecular weight is 434 g/mol. The Labute approximate surface area is 178 Å². The summed E-state index contributed by atoms with van der Waals surface area (Å²) in [6, 6.07) is 9.40. The molecule has 0 unspecified atom stereocenters. The minimum Gasteiger partial charge on any atom is -0.406 e. The van der Waals surface area contributed by atoms with Crippen molar-refractivity contribution in [2.75, 3.05) is 5.32 Å². The van der Waals surface area contributed by atoms with Gasteiger partial charge in [-0.1, -0.05) is 12.5 Å². The molecule has 0 aromatic heterocycles. The lowest BCUT2D eigenvalue weighted by molar-refractivity contribution is -0.274. The third kappa shape index (κ3) is 7.73. The summed E-state index contributed by atoms with van der Waals surface area (Å²) in [4.78, 5) is 15.6. The zero-order valence-electron chi connectivity index (χ0n) is 17.3. The second-order valence-corrected chi connectivity index (χ2v) is 6.72. The summed E-state index contributed by atoms with van der Waals surface area (Å²) >= 11 is 0. The summed E-state index contributed by atoms with van der Waals surface area (Å²) in [5.41, 5.74) is 3.13. The molecule has 0 heterocycles. The number of carbonyl (C=O) groups excluding carboxylic acids is 1. The first-order valence-corrected chi connectivity index (χ1v) is 9.41. The summed E-state index contributed by atoms with van der Waals surface area (Å²) in [7, 11) is 0. The van der Waals surface area contributed by atoms with Gasteiger partial charge in [-0.15, -0.1) is 13.2 Å². The summed E-state index contributed by atoms with van der Waals surface area (Å²) in [6.45, 7) is 5.65. The van der Waals surface area contributed by atoms with Gasteiger partial charge in [0.2, 0.25) is 0 Å². The SMILES string of the molecule is CC/C(C)=C/N=C(/C=C(\C)Nc1ccc(OC(F)(F)F)cc1)c1ccc(F)c(C=O)c1. The number of aldehydes is 1. The number of benzene rings is 2. The maximum atomic E-state index is 13.7. The van der Waals surface area contributed by atoms with Crippen LogP contribution >= 0.6 is 0 Å². The third-order valence-electron chi connectivity index (χ3n) is 4.18. The number of ether oxygens (including phenoxy) is 1. The third-order valence-corrected chi connectivity index (χ3v) is 4.18. The zero-order chi connectivity index (χ0) is 23.0. The van der Waals surface area contributed by atoms with Crippen molar-refractivity contribution in [3.05, 3.63) is 83.0 Å². The minimum absolute atomic E-state index is 0.0827. The van der Waals surface area contributed by atoms with Gasteiger partial charge in [-0.25, -0.2) is 4.39 Å². The Morgan fingerprint density at radius 2 is 1.81 bits per heavy atom. The summed E-state index contributed by atoms with van der Waals surface area (Å²) < 4.78 is 54.4. The highest BCUT2D eigenvalue weighted by molar-refractivity contribution is 6.10. The molecule has 8 heteroatoms. The van der Waals surface area contributed by atoms with Gasteiger partial charge in [-0.3, -0.25) is 9.79 Å². The number of aliphatic imine (C=N–C) groups is 1. The lowest BCUT2D eigenvalue weighted by Crippen LogP contribution is -2.17. The Kier molecular flexibility index (Phi) is 8.13. The lowest BCUT2D eigenvalue weighted by Gasteiger charge is -2.11. The Bertz CT molecular complexity index is 1010. The van der Waals surface area contributed by atoms with E-state index >= 15 is 0 Å². The molecule has 0 fully saturated rings. The van der Waals surface area contributed by atoms with Crippen LogP contribution in [0.15, 0.2) is 71.0 Å². The first-order valence-electron chi connectivity index (χ1n) is 9.41. The van der Waals surface area contributed by atoms with Crippen LogP contribution < -0.4 is 10.1 Å². The molecule has 2 aromatic carbocycles. The number of allylic oxidation sites excluding steroid dienone is 3. The van der Waals surface area contributed by atoms with Crippen molar-refractivity contribution in [1.29, 1.82) is 0 Å². The average Bonchev–Trinajstić information content (AvgIpc) is 2.71. The second-order valence-electron chi connectivity index (χ2n) is 6.72. The highest BCUT2D eigenvalue weighted by atomic mass is 19.4. The van der Waals surface area contributed by atoms with E-state index in [1.165, 1.54) is 42.5 Å². The van der Waals surface area contributed by atoms with E-state index in [1.807, 2.05) is 13.8 Å². The summed E-state index contributed by atoms with van der Waals surface area (Å²) in [6.07, 6.45) is -0.139. The summed E-state index contributed by atoms with van der Waals surface area (Å²) in [5, 5.41) is 3.05. The quantitative estimate of drug-likeness (QED) is 0.287. The van der Waals surface area contributed by atoms with Gasteiger partial charge in [-0.2, -0.15) is 0 Å². The van der Waals surface area contributed by atoms with Crippen LogP contribution in [0, 0.1) is 5.82 Å². The van der Waals surface area contributed by atoms with Crippen molar-refractivity contribution >= 4 is 17.7 Å². The Hall–Kier alpha value is -3.42. The molecule has 0 atom stereocenters. The molecule has 0 saturated carbocycles. The molecule has 2 aromatic rings. The minimum atomic E-state index is -4.75. The first kappa shape index (κ1) is 23.9. The Balaban J connectivity index is 2.31. The van der Waals surface area contributed by atoms with E-state index in [1.54, 1.807) is 19.2 Å². The van der Waals surface area contributed by atoms with Crippen LogP contribution in [0.25, 0.3) is 0 Å². The van der Waals surface area contributed by atoms with Gasteiger partial charge in [0.05, 0.1) is 11.3 Å². The fourth-order valence-electron chi connectivity index (χ4n) is 2.47. The van der Waals surface area contributed by atoms with E-state index in [9.17, 15) is 22.4 Å². The van der Waals surface area contributed by atoms with Crippen molar-refractivity contribution < 1.29 is 27.1 Å². The van der Waals surface area contributed by atoms with E-state index < -0.39 is 12.2 Å². The molecule has 0 saturated heterocycles. The molecule has 0 aliphatic heterocycles. The molecular formula is C23H22F4N2O2. The predicted molar refractivity (Wildman–Crippen MR) is 113 cm³/mol. The number of anilines is 1. The Morgan fingerprint density at radius 3 is 2.39 bits per heavy atom. The molecule has 0 bridgehead atoms. The molecule has 0 aliphatic carbocycles. The van der Waals surface area contributed by atoms with Crippen LogP contribution in [0.3, 0.4) is 0 Å². The van der Waals surface area contributed by atoms with Gasteiger partial charge < -0.3 is 10.1 Å². The first-order chi connectivity index (χ1) is 14.6. The van der Waals surface area contributed by atoms with Gasteiger partial charge in [0.1, 0.15) is 11.6 Å². The van der Waals surface area contributed by atoms with Crippen LogP contribution in [-0.4, -0.2) is 18.4 Å². The number of hydrogen-bond acceptors (Lipinski definition) is 4. The maximum Gasteiger partial charge on any atom is 0.573 e. The molecule has 1 N–H and O–H groups in total. The molecule has 0 spiro atoms. The van der Waals surface area contributed by atoms with E-state index in [-0.39, 0.29) is 11.3 Å². The highest BCUT2D eigenvalue weighted by Gasteiger charge is 2.30. The van der Waals surface area contributed by atoms with Crippen LogP contribution in [0.1, 0.15) is 43.1 Å². The standard InChI is InChI=1S/C23H22F4N2O2/c1-4-15(2)13-28-22(17-5-10-21(24)18(12-17)14-30)11-16(3)29-19-6-8-20(9-7-19)31-23(25,26)27/h5-14,29H,4H2,1-3H3/b15-13+,16-11+,28-22-. The fraction of sp³-hybridized carbons (Fsp3) is 0.217. The summed E-state index contributed by atoms with van der Waals surface area (Å²) in [5.74, 6) is -0.951. The van der Waals surface area contributed by atoms with Crippen LogP contribution in [0.2, 0.25) is 0 Å². The number of alkyl halides is 3. The number of halogens is 4. The van der Waals surface area contributed by atoms with Crippen molar-refractivity contribution in [2.24, 2.45) is 4.99 Å². The fourth-order valence-corrected chi connectivity index (χ4v) is 2.47. The van der Waals surface area contributed by atoms with Crippen LogP contribution in [0.4, 0.5) is 23.2 Å². The molecule has 2 rings (SSSR count). The van der Waals surface area contributed by atoms with Crippen molar-refractivity contribution in [2.45, 2.75) is 33.6 Å². The monoisotopic (exact) mass is 434 g/mol. The number of rotatable bonds is 8. The topological polar surface area (TPSA) is 50.7 Å². The number of nitrogens with one attached hydrogen (secondary N) is 1. The van der Waals surface area contributed by atoms with Crippen molar-refractivity contribution in [3.8, 4) is 5.75 Å². The van der Waals surface area contributed by atoms with Crippen LogP contribution in [-0.2, 0) is 0 Å². The highest BCUT2D eigenvalue weighted by Crippen LogP contribution is 2.24. The van der Waals surface area contributed by atoms with Crippen molar-refractivity contribution in [3.63, 3.8) is 0 Å². The zero-order valence-corrected chi connectivity index (χ0v) is 17.3. The molecular weight excluding hydrogens is 412 g/mol.